The van der Waals surface area contributed by atoms with Crippen LogP contribution in [0.2, 0.25) is 0 Å². The van der Waals surface area contributed by atoms with Crippen molar-refractivity contribution >= 4 is 28.7 Å². The zero-order chi connectivity index (χ0) is 20.3. The van der Waals surface area contributed by atoms with Gasteiger partial charge in [0.1, 0.15) is 11.5 Å². The van der Waals surface area contributed by atoms with Crippen molar-refractivity contribution in [3.05, 3.63) is 59.9 Å². The number of aryl methyl sites for hydroxylation is 1. The number of para-hydroxylation sites is 1. The van der Waals surface area contributed by atoms with Crippen LogP contribution in [-0.2, 0) is 14.3 Å². The Morgan fingerprint density at radius 1 is 0.857 bits per heavy atom. The number of rotatable bonds is 4. The molecule has 0 atom stereocenters. The third-order valence-electron chi connectivity index (χ3n) is 3.77. The minimum atomic E-state index is -0.988. The van der Waals surface area contributed by atoms with Gasteiger partial charge in [-0.15, -0.1) is 0 Å². The van der Waals surface area contributed by atoms with E-state index in [1.54, 1.807) is 25.1 Å². The quantitative estimate of drug-likeness (QED) is 0.500. The number of fused-ring (bicyclic) bond motifs is 1. The van der Waals surface area contributed by atoms with Crippen LogP contribution in [0.15, 0.2) is 48.5 Å². The predicted octanol–water partition coefficient (Wildman–Crippen LogP) is 3.96. The van der Waals surface area contributed by atoms with Crippen LogP contribution in [0.25, 0.3) is 10.8 Å². The smallest absolute Gasteiger partial charge is 0.368 e. The van der Waals surface area contributed by atoms with Gasteiger partial charge in [-0.25, -0.2) is 9.78 Å². The van der Waals surface area contributed by atoms with Crippen molar-refractivity contribution in [2.75, 3.05) is 0 Å². The van der Waals surface area contributed by atoms with Crippen molar-refractivity contribution in [3.8, 4) is 17.2 Å². The molecule has 142 valence electrons. The maximum Gasteiger partial charge on any atom is 0.368 e. The topological polar surface area (TPSA) is 91.8 Å². The number of carbonyl (C=O) groups excluding carboxylic acids is 3. The lowest BCUT2D eigenvalue weighted by Crippen LogP contribution is -2.15. The van der Waals surface area contributed by atoms with E-state index in [1.807, 2.05) is 30.3 Å². The maximum absolute atomic E-state index is 12.2. The Hall–Kier alpha value is -3.74. The number of esters is 3. The molecule has 1 aromatic heterocycles. The van der Waals surface area contributed by atoms with Crippen LogP contribution in [0.1, 0.15) is 30.0 Å². The molecule has 1 heterocycles. The summed E-state index contributed by atoms with van der Waals surface area (Å²) in [5.41, 5.74) is 0.243. The highest BCUT2D eigenvalue weighted by Crippen LogP contribution is 2.34. The summed E-state index contributed by atoms with van der Waals surface area (Å²) in [5, 5.41) is 1.10. The van der Waals surface area contributed by atoms with Crippen LogP contribution in [0.5, 0.6) is 17.2 Å². The van der Waals surface area contributed by atoms with Gasteiger partial charge in [-0.3, -0.25) is 9.59 Å². The molecule has 0 saturated carbocycles. The van der Waals surface area contributed by atoms with Crippen molar-refractivity contribution in [1.82, 2.24) is 4.98 Å². The van der Waals surface area contributed by atoms with Gasteiger partial charge >= 0.3 is 17.9 Å². The van der Waals surface area contributed by atoms with Crippen molar-refractivity contribution < 1.29 is 28.6 Å². The number of hydrogen-bond donors (Lipinski definition) is 0. The zero-order valence-corrected chi connectivity index (χ0v) is 15.5. The fraction of sp³-hybridized carbons (Fsp3) is 0.143. The van der Waals surface area contributed by atoms with Gasteiger partial charge in [-0.1, -0.05) is 18.2 Å². The average molecular weight is 379 g/mol. The maximum atomic E-state index is 12.2. The summed E-state index contributed by atoms with van der Waals surface area (Å²) in [4.78, 5) is 39.1. The first-order valence-corrected chi connectivity index (χ1v) is 8.43. The lowest BCUT2D eigenvalue weighted by Gasteiger charge is -2.14. The number of carbonyl (C=O) groups is 3. The molecule has 0 aliphatic heterocycles. The second kappa shape index (κ2) is 7.87. The molecule has 0 spiro atoms. The van der Waals surface area contributed by atoms with E-state index in [4.69, 9.17) is 9.47 Å². The van der Waals surface area contributed by atoms with E-state index in [1.165, 1.54) is 6.92 Å². The number of aromatic nitrogens is 1. The largest absolute Gasteiger partial charge is 0.457 e. The molecule has 0 bridgehead atoms. The molecule has 28 heavy (non-hydrogen) atoms. The molecule has 0 fully saturated rings. The van der Waals surface area contributed by atoms with E-state index < -0.39 is 17.9 Å². The summed E-state index contributed by atoms with van der Waals surface area (Å²) < 4.78 is 15.6. The predicted molar refractivity (Wildman–Crippen MR) is 100 cm³/mol. The van der Waals surface area contributed by atoms with Crippen molar-refractivity contribution in [2.45, 2.75) is 20.8 Å². The minimum absolute atomic E-state index is 0.0642. The van der Waals surface area contributed by atoms with Gasteiger partial charge in [0.15, 0.2) is 11.4 Å². The van der Waals surface area contributed by atoms with E-state index in [9.17, 15) is 14.4 Å². The van der Waals surface area contributed by atoms with Crippen LogP contribution < -0.4 is 9.47 Å². The Balaban J connectivity index is 2.11. The van der Waals surface area contributed by atoms with E-state index >= 15 is 0 Å². The van der Waals surface area contributed by atoms with Crippen LogP contribution in [0, 0.1) is 6.92 Å². The lowest BCUT2D eigenvalue weighted by atomic mass is 10.1. The van der Waals surface area contributed by atoms with Gasteiger partial charge in [0.25, 0.3) is 0 Å². The summed E-state index contributed by atoms with van der Waals surface area (Å²) >= 11 is 0. The molecule has 0 aliphatic rings. The zero-order valence-electron chi connectivity index (χ0n) is 15.5. The van der Waals surface area contributed by atoms with Crippen LogP contribution in [-0.4, -0.2) is 22.9 Å². The second-order valence-corrected chi connectivity index (χ2v) is 5.97. The standard InChI is InChI=1S/C21H17NO6/c1-12-18-11-16(28-15-7-5-4-6-8-15)9-10-17(18)20(26-13(2)23)19(22-12)21(25)27-14(3)24/h4-11H,1-3H3. The van der Waals surface area contributed by atoms with Gasteiger partial charge in [0.2, 0.25) is 0 Å². The summed E-state index contributed by atoms with van der Waals surface area (Å²) in [5.74, 6) is -1.26. The first kappa shape index (κ1) is 19.0. The lowest BCUT2D eigenvalue weighted by molar-refractivity contribution is -0.135. The highest BCUT2D eigenvalue weighted by molar-refractivity contribution is 6.04. The Labute approximate surface area is 160 Å². The number of pyridine rings is 1. The van der Waals surface area contributed by atoms with Crippen molar-refractivity contribution in [2.24, 2.45) is 0 Å². The highest BCUT2D eigenvalue weighted by Gasteiger charge is 2.23. The van der Waals surface area contributed by atoms with Crippen molar-refractivity contribution in [3.63, 3.8) is 0 Å². The van der Waals surface area contributed by atoms with Gasteiger partial charge < -0.3 is 14.2 Å². The average Bonchev–Trinajstić information content (AvgIpc) is 2.64. The van der Waals surface area contributed by atoms with E-state index in [0.29, 0.717) is 28.0 Å². The number of hydrogen-bond acceptors (Lipinski definition) is 7. The molecule has 0 N–H and O–H groups in total. The SMILES string of the molecule is CC(=O)OC(=O)c1nc(C)c2cc(Oc3ccccc3)ccc2c1OC(C)=O. The molecule has 0 aliphatic carbocycles. The Morgan fingerprint density at radius 3 is 2.21 bits per heavy atom. The van der Waals surface area contributed by atoms with E-state index in [-0.39, 0.29) is 11.4 Å². The molecule has 0 radical (unpaired) electrons. The normalized spacial score (nSPS) is 10.4. The Bertz CT molecular complexity index is 1080. The summed E-state index contributed by atoms with van der Waals surface area (Å²) in [6.45, 7) is 4.00. The molecular formula is C21H17NO6. The van der Waals surface area contributed by atoms with Gasteiger partial charge in [-0.05, 0) is 37.3 Å². The fourth-order valence-corrected chi connectivity index (χ4v) is 2.68. The molecule has 0 amide bonds. The number of nitrogens with zero attached hydrogens (tertiary/aromatic N) is 1. The molecule has 7 heteroatoms. The van der Waals surface area contributed by atoms with E-state index in [2.05, 4.69) is 9.72 Å². The molecule has 0 saturated heterocycles. The molecule has 2 aromatic carbocycles. The van der Waals surface area contributed by atoms with Gasteiger partial charge in [0, 0.05) is 30.3 Å². The fourth-order valence-electron chi connectivity index (χ4n) is 2.68. The first-order valence-electron chi connectivity index (χ1n) is 8.43. The molecule has 7 nitrogen and oxygen atoms in total. The molecule has 0 unspecified atom stereocenters. The van der Waals surface area contributed by atoms with Gasteiger partial charge in [-0.2, -0.15) is 0 Å². The molecular weight excluding hydrogens is 362 g/mol. The summed E-state index contributed by atoms with van der Waals surface area (Å²) in [6, 6.07) is 14.3. The Kier molecular flexibility index (Phi) is 5.35. The monoisotopic (exact) mass is 379 g/mol. The number of benzene rings is 2. The number of ether oxygens (including phenoxy) is 3. The van der Waals surface area contributed by atoms with Crippen LogP contribution in [0.3, 0.4) is 0 Å². The Morgan fingerprint density at radius 2 is 1.57 bits per heavy atom. The van der Waals surface area contributed by atoms with Crippen LogP contribution >= 0.6 is 0 Å². The third-order valence-corrected chi connectivity index (χ3v) is 3.77. The first-order chi connectivity index (χ1) is 13.3. The molecule has 3 aromatic rings. The highest BCUT2D eigenvalue weighted by atomic mass is 16.6. The van der Waals surface area contributed by atoms with Gasteiger partial charge in [0.05, 0.1) is 0 Å². The van der Waals surface area contributed by atoms with Crippen molar-refractivity contribution in [1.29, 1.82) is 0 Å². The van der Waals surface area contributed by atoms with Crippen LogP contribution in [0.4, 0.5) is 0 Å². The second-order valence-electron chi connectivity index (χ2n) is 5.97. The summed E-state index contributed by atoms with van der Waals surface area (Å²) in [7, 11) is 0. The van der Waals surface area contributed by atoms with E-state index in [0.717, 1.165) is 6.92 Å². The summed E-state index contributed by atoms with van der Waals surface area (Å²) in [6.07, 6.45) is 0. The molecule has 3 rings (SSSR count). The minimum Gasteiger partial charge on any atom is -0.457 e. The third kappa shape index (κ3) is 4.15.